The molecule has 6 heteroatoms. The highest BCUT2D eigenvalue weighted by molar-refractivity contribution is 7.89. The highest BCUT2D eigenvalue weighted by Gasteiger charge is 2.28. The monoisotopic (exact) mass is 359 g/mol. The molecule has 2 aromatic carbocycles. The molecule has 1 aliphatic heterocycles. The van der Waals surface area contributed by atoms with Crippen molar-refractivity contribution in [3.05, 3.63) is 66.2 Å². The van der Waals surface area contributed by atoms with Crippen molar-refractivity contribution in [2.24, 2.45) is 0 Å². The van der Waals surface area contributed by atoms with Crippen LogP contribution in [0.5, 0.6) is 0 Å². The zero-order valence-corrected chi connectivity index (χ0v) is 15.3. The second-order valence-corrected chi connectivity index (χ2v) is 8.24. The Morgan fingerprint density at radius 2 is 1.64 bits per heavy atom. The van der Waals surface area contributed by atoms with E-state index in [9.17, 15) is 8.42 Å². The summed E-state index contributed by atoms with van der Waals surface area (Å²) < 4.78 is 28.4. The summed E-state index contributed by atoms with van der Waals surface area (Å²) in [5.74, 6) is 0. The van der Waals surface area contributed by atoms with Gasteiger partial charge in [0.1, 0.15) is 0 Å². The third kappa shape index (κ3) is 4.89. The SMILES string of the molecule is CN1CCCN(Cc2ccccc2)C(NS(=O)(=O)c2ccccc2)C1. The van der Waals surface area contributed by atoms with E-state index in [1.165, 1.54) is 5.56 Å². The first-order valence-corrected chi connectivity index (χ1v) is 10.1. The summed E-state index contributed by atoms with van der Waals surface area (Å²) in [6.07, 6.45) is 0.769. The molecule has 0 aromatic heterocycles. The lowest BCUT2D eigenvalue weighted by molar-refractivity contribution is 0.170. The van der Waals surface area contributed by atoms with Gasteiger partial charge in [0.05, 0.1) is 11.1 Å². The molecule has 3 rings (SSSR count). The average molecular weight is 359 g/mol. The third-order valence-corrected chi connectivity index (χ3v) is 5.96. The minimum atomic E-state index is -3.54. The molecule has 0 bridgehead atoms. The molecule has 0 saturated carbocycles. The number of rotatable bonds is 5. The highest BCUT2D eigenvalue weighted by atomic mass is 32.2. The van der Waals surface area contributed by atoms with Crippen molar-refractivity contribution in [3.63, 3.8) is 0 Å². The Balaban J connectivity index is 1.81. The van der Waals surface area contributed by atoms with Gasteiger partial charge in [0, 0.05) is 19.6 Å². The molecule has 1 unspecified atom stereocenters. The fraction of sp³-hybridized carbons (Fsp3) is 0.368. The van der Waals surface area contributed by atoms with Crippen LogP contribution in [0.4, 0.5) is 0 Å². The van der Waals surface area contributed by atoms with Gasteiger partial charge >= 0.3 is 0 Å². The standard InChI is InChI=1S/C19H25N3O2S/c1-21-13-8-14-22(15-17-9-4-2-5-10-17)19(16-21)20-25(23,24)18-11-6-3-7-12-18/h2-7,9-12,19-20H,8,13-16H2,1H3. The van der Waals surface area contributed by atoms with Crippen LogP contribution in [0.15, 0.2) is 65.6 Å². The van der Waals surface area contributed by atoms with E-state index in [0.29, 0.717) is 11.4 Å². The number of hydrogen-bond donors (Lipinski definition) is 1. The summed E-state index contributed by atoms with van der Waals surface area (Å²) in [6, 6.07) is 18.8. The van der Waals surface area contributed by atoms with Gasteiger partial charge in [0.2, 0.25) is 10.0 Å². The van der Waals surface area contributed by atoms with E-state index < -0.39 is 10.0 Å². The highest BCUT2D eigenvalue weighted by Crippen LogP contribution is 2.15. The van der Waals surface area contributed by atoms with Crippen molar-refractivity contribution in [2.45, 2.75) is 24.0 Å². The van der Waals surface area contributed by atoms with Crippen LogP contribution in [-0.4, -0.2) is 51.1 Å². The zero-order valence-electron chi connectivity index (χ0n) is 14.5. The van der Waals surface area contributed by atoms with Gasteiger partial charge in [-0.2, -0.15) is 4.72 Å². The maximum absolute atomic E-state index is 12.8. The molecule has 1 N–H and O–H groups in total. The van der Waals surface area contributed by atoms with E-state index in [2.05, 4.69) is 26.7 Å². The Morgan fingerprint density at radius 1 is 1.00 bits per heavy atom. The van der Waals surface area contributed by atoms with Crippen molar-refractivity contribution in [3.8, 4) is 0 Å². The van der Waals surface area contributed by atoms with Crippen LogP contribution in [0.3, 0.4) is 0 Å². The number of benzene rings is 2. The average Bonchev–Trinajstić information content (AvgIpc) is 2.77. The van der Waals surface area contributed by atoms with Crippen LogP contribution in [0.25, 0.3) is 0 Å². The Hall–Kier alpha value is -1.73. The number of likely N-dealkylation sites (N-methyl/N-ethyl adjacent to an activating group) is 1. The maximum atomic E-state index is 12.8. The van der Waals surface area contributed by atoms with Crippen LogP contribution in [0.2, 0.25) is 0 Å². The Bertz CT molecular complexity index is 766. The van der Waals surface area contributed by atoms with Gasteiger partial charge in [-0.1, -0.05) is 48.5 Å². The van der Waals surface area contributed by atoms with Gasteiger partial charge in [-0.15, -0.1) is 0 Å². The number of sulfonamides is 1. The lowest BCUT2D eigenvalue weighted by atomic mass is 10.2. The second kappa shape index (κ2) is 8.10. The van der Waals surface area contributed by atoms with E-state index in [0.717, 1.165) is 26.1 Å². The number of hydrogen-bond acceptors (Lipinski definition) is 4. The van der Waals surface area contributed by atoms with Gasteiger partial charge in [-0.25, -0.2) is 8.42 Å². The minimum Gasteiger partial charge on any atom is -0.303 e. The van der Waals surface area contributed by atoms with Gasteiger partial charge in [0.15, 0.2) is 0 Å². The number of nitrogens with zero attached hydrogens (tertiary/aromatic N) is 2. The van der Waals surface area contributed by atoms with Gasteiger partial charge in [-0.05, 0) is 37.7 Å². The molecule has 1 saturated heterocycles. The topological polar surface area (TPSA) is 52.6 Å². The molecule has 0 amide bonds. The Kier molecular flexibility index (Phi) is 5.86. The normalized spacial score (nSPS) is 20.3. The van der Waals surface area contributed by atoms with Gasteiger partial charge < -0.3 is 4.90 Å². The van der Waals surface area contributed by atoms with Crippen LogP contribution >= 0.6 is 0 Å². The molecule has 1 fully saturated rings. The molecular weight excluding hydrogens is 334 g/mol. The summed E-state index contributed by atoms with van der Waals surface area (Å²) in [5.41, 5.74) is 1.19. The van der Waals surface area contributed by atoms with E-state index in [1.54, 1.807) is 24.3 Å². The molecule has 134 valence electrons. The second-order valence-electron chi connectivity index (χ2n) is 6.52. The summed E-state index contributed by atoms with van der Waals surface area (Å²) in [4.78, 5) is 4.71. The van der Waals surface area contributed by atoms with Crippen molar-refractivity contribution in [1.29, 1.82) is 0 Å². The molecule has 1 heterocycles. The van der Waals surface area contributed by atoms with Crippen molar-refractivity contribution in [2.75, 3.05) is 26.7 Å². The molecule has 1 atom stereocenters. The first-order valence-electron chi connectivity index (χ1n) is 8.58. The van der Waals surface area contributed by atoms with Crippen LogP contribution in [0.1, 0.15) is 12.0 Å². The summed E-state index contributed by atoms with van der Waals surface area (Å²) in [5, 5.41) is 0. The third-order valence-electron chi connectivity index (χ3n) is 4.48. The first-order chi connectivity index (χ1) is 12.0. The summed E-state index contributed by atoms with van der Waals surface area (Å²) in [6.45, 7) is 3.23. The molecule has 5 nitrogen and oxygen atoms in total. The lowest BCUT2D eigenvalue weighted by Crippen LogP contribution is -2.51. The van der Waals surface area contributed by atoms with Crippen molar-refractivity contribution < 1.29 is 8.42 Å². The fourth-order valence-corrected chi connectivity index (χ4v) is 4.40. The number of nitrogens with one attached hydrogen (secondary N) is 1. The summed E-state index contributed by atoms with van der Waals surface area (Å²) >= 11 is 0. The van der Waals surface area contributed by atoms with Crippen molar-refractivity contribution in [1.82, 2.24) is 14.5 Å². The molecule has 0 spiro atoms. The van der Waals surface area contributed by atoms with Crippen LogP contribution in [0, 0.1) is 0 Å². The van der Waals surface area contributed by atoms with E-state index >= 15 is 0 Å². The van der Waals surface area contributed by atoms with Gasteiger partial charge in [-0.3, -0.25) is 4.90 Å². The zero-order chi connectivity index (χ0) is 17.7. The molecule has 0 aliphatic carbocycles. The first kappa shape index (κ1) is 18.1. The predicted octanol–water partition coefficient (Wildman–Crippen LogP) is 2.13. The van der Waals surface area contributed by atoms with Crippen LogP contribution in [-0.2, 0) is 16.6 Å². The molecule has 0 radical (unpaired) electrons. The predicted molar refractivity (Wildman–Crippen MR) is 99.5 cm³/mol. The smallest absolute Gasteiger partial charge is 0.241 e. The largest absolute Gasteiger partial charge is 0.303 e. The quantitative estimate of drug-likeness (QED) is 0.889. The molecule has 1 aliphatic rings. The van der Waals surface area contributed by atoms with Crippen LogP contribution < -0.4 is 4.72 Å². The van der Waals surface area contributed by atoms with Crippen molar-refractivity contribution >= 4 is 10.0 Å². The molecule has 25 heavy (non-hydrogen) atoms. The molecule has 2 aromatic rings. The molecular formula is C19H25N3O2S. The van der Waals surface area contributed by atoms with E-state index in [4.69, 9.17) is 0 Å². The Labute approximate surface area is 150 Å². The maximum Gasteiger partial charge on any atom is 0.241 e. The van der Waals surface area contributed by atoms with E-state index in [1.807, 2.05) is 31.3 Å². The van der Waals surface area contributed by atoms with E-state index in [-0.39, 0.29) is 6.17 Å². The lowest BCUT2D eigenvalue weighted by Gasteiger charge is -2.31. The summed E-state index contributed by atoms with van der Waals surface area (Å²) in [7, 11) is -1.51. The minimum absolute atomic E-state index is 0.252. The van der Waals surface area contributed by atoms with Gasteiger partial charge in [0.25, 0.3) is 0 Å². The fourth-order valence-electron chi connectivity index (χ4n) is 3.17. The Morgan fingerprint density at radius 3 is 2.32 bits per heavy atom.